The number of rotatable bonds is 12. The first-order chi connectivity index (χ1) is 17.1. The number of thioether (sulfide) groups is 1. The van der Waals surface area contributed by atoms with Crippen molar-refractivity contribution in [2.75, 3.05) is 18.1 Å². The number of carboxylic acid groups (broad SMARTS) is 1. The van der Waals surface area contributed by atoms with Gasteiger partial charge in [0.25, 0.3) is 0 Å². The van der Waals surface area contributed by atoms with E-state index in [4.69, 9.17) is 5.73 Å². The number of nitrogens with two attached hydrogens (primary N) is 1. The Morgan fingerprint density at radius 2 is 1.89 bits per heavy atom. The number of thiophene rings is 2. The highest BCUT2D eigenvalue weighted by Crippen LogP contribution is 2.23. The molecule has 0 aromatic carbocycles. The maximum atomic E-state index is 13.3. The number of likely N-dealkylation sites (tertiary alicyclic amines) is 1. The predicted molar refractivity (Wildman–Crippen MR) is 135 cm³/mol. The molecule has 15 heteroatoms. The van der Waals surface area contributed by atoms with Crippen LogP contribution >= 0.6 is 34.4 Å². The molecule has 0 aliphatic carbocycles. The van der Waals surface area contributed by atoms with Crippen molar-refractivity contribution in [1.82, 2.24) is 14.9 Å². The third-order valence-electron chi connectivity index (χ3n) is 5.40. The Kier molecular flexibility index (Phi) is 9.90. The first kappa shape index (κ1) is 28.1. The fourth-order valence-corrected chi connectivity index (χ4v) is 7.39. The average Bonchev–Trinajstić information content (AvgIpc) is 3.52. The highest BCUT2D eigenvalue weighted by molar-refractivity contribution is 8.00. The van der Waals surface area contributed by atoms with Crippen molar-refractivity contribution >= 4 is 68.1 Å². The molecule has 196 valence electrons. The van der Waals surface area contributed by atoms with E-state index in [2.05, 4.69) is 10.0 Å². The van der Waals surface area contributed by atoms with Crippen LogP contribution < -0.4 is 20.9 Å². The van der Waals surface area contributed by atoms with Gasteiger partial charge in [-0.05, 0) is 35.7 Å². The van der Waals surface area contributed by atoms with Gasteiger partial charge < -0.3 is 25.9 Å². The van der Waals surface area contributed by atoms with Gasteiger partial charge in [-0.2, -0.15) is 0 Å². The van der Waals surface area contributed by atoms with E-state index in [0.717, 1.165) is 28.0 Å². The van der Waals surface area contributed by atoms with E-state index in [1.54, 1.807) is 23.6 Å². The zero-order chi connectivity index (χ0) is 26.3. The normalized spacial score (nSPS) is 18.9. The number of hydrogen-bond acceptors (Lipinski definition) is 10. The van der Waals surface area contributed by atoms with E-state index in [9.17, 15) is 32.7 Å². The Morgan fingerprint density at radius 1 is 1.17 bits per heavy atom. The first-order valence-corrected chi connectivity index (χ1v) is 15.2. The van der Waals surface area contributed by atoms with Crippen molar-refractivity contribution < 1.29 is 32.7 Å². The van der Waals surface area contributed by atoms with E-state index in [-0.39, 0.29) is 41.5 Å². The molecule has 2 aromatic heterocycles. The fraction of sp³-hybridized carbons (Fsp3) is 0.429. The van der Waals surface area contributed by atoms with Crippen molar-refractivity contribution in [3.8, 4) is 0 Å². The molecule has 0 saturated carbocycles. The molecule has 1 aliphatic rings. The van der Waals surface area contributed by atoms with E-state index < -0.39 is 51.8 Å². The fourth-order valence-electron chi connectivity index (χ4n) is 3.74. The Bertz CT molecular complexity index is 1170. The van der Waals surface area contributed by atoms with Gasteiger partial charge >= 0.3 is 0 Å². The summed E-state index contributed by atoms with van der Waals surface area (Å²) >= 11 is 3.29. The van der Waals surface area contributed by atoms with Crippen LogP contribution in [0.5, 0.6) is 0 Å². The zero-order valence-corrected chi connectivity index (χ0v) is 22.2. The van der Waals surface area contributed by atoms with Crippen LogP contribution in [0, 0.1) is 0 Å². The van der Waals surface area contributed by atoms with E-state index >= 15 is 0 Å². The van der Waals surface area contributed by atoms with Crippen molar-refractivity contribution in [3.05, 3.63) is 39.9 Å². The van der Waals surface area contributed by atoms with Gasteiger partial charge in [0.05, 0.1) is 11.7 Å². The number of carbonyl (C=O) groups excluding carboxylic acids is 4. The standard InChI is InChI=1S/C21H26N4O7S4/c22-20(29)15(10-14-3-1-7-34-14)23-21(30)16-9-13(24-36(31,32)19-4-2-8-35-19)5-6-25(16)17(26)11-33-12-18(27)28/h1-4,7-8,13,15-16,24H,5-6,9-12H2,(H2,22,29)(H,23,30)(H,27,28)/p-1/t13-,15-,16-/m0/s1. The summed E-state index contributed by atoms with van der Waals surface area (Å²) in [6.07, 6.45) is 0.396. The third-order valence-corrected chi connectivity index (χ3v) is 10.1. The summed E-state index contributed by atoms with van der Waals surface area (Å²) in [5.41, 5.74) is 5.50. The van der Waals surface area contributed by atoms with E-state index in [1.807, 2.05) is 5.38 Å². The second-order valence-corrected chi connectivity index (χ2v) is 12.9. The lowest BCUT2D eigenvalue weighted by Crippen LogP contribution is -2.60. The molecule has 3 amide bonds. The molecular formula is C21H25N4O7S4-. The van der Waals surface area contributed by atoms with Gasteiger partial charge in [0.2, 0.25) is 27.7 Å². The minimum absolute atomic E-state index is 0.0299. The number of carboxylic acids is 1. The molecule has 2 aromatic rings. The maximum absolute atomic E-state index is 13.3. The van der Waals surface area contributed by atoms with Gasteiger partial charge in [0.15, 0.2) is 0 Å². The van der Waals surface area contributed by atoms with Gasteiger partial charge in [0.1, 0.15) is 16.3 Å². The van der Waals surface area contributed by atoms with Gasteiger partial charge in [-0.3, -0.25) is 14.4 Å². The summed E-state index contributed by atoms with van der Waals surface area (Å²) in [6, 6.07) is 3.92. The lowest BCUT2D eigenvalue weighted by Gasteiger charge is -2.39. The highest BCUT2D eigenvalue weighted by Gasteiger charge is 2.38. The number of piperidine rings is 1. The molecule has 1 fully saturated rings. The largest absolute Gasteiger partial charge is 0.549 e. The summed E-state index contributed by atoms with van der Waals surface area (Å²) in [5, 5.41) is 16.8. The zero-order valence-electron chi connectivity index (χ0n) is 19.0. The molecule has 4 N–H and O–H groups in total. The molecule has 0 bridgehead atoms. The van der Waals surface area contributed by atoms with Crippen LogP contribution in [0.3, 0.4) is 0 Å². The summed E-state index contributed by atoms with van der Waals surface area (Å²) < 4.78 is 28.1. The SMILES string of the molecule is NC(=O)[C@H](Cc1cccs1)NC(=O)[C@@H]1C[C@@H](NS(=O)(=O)c2cccs2)CCN1C(=O)CSCC(=O)[O-]. The molecule has 11 nitrogen and oxygen atoms in total. The van der Waals surface area contributed by atoms with E-state index in [0.29, 0.717) is 0 Å². The average molecular weight is 574 g/mol. The van der Waals surface area contributed by atoms with Crippen LogP contribution in [0.25, 0.3) is 0 Å². The van der Waals surface area contributed by atoms with Crippen LogP contribution in [0.2, 0.25) is 0 Å². The van der Waals surface area contributed by atoms with Crippen molar-refractivity contribution in [2.24, 2.45) is 5.73 Å². The van der Waals surface area contributed by atoms with Crippen LogP contribution in [0.15, 0.2) is 39.2 Å². The minimum Gasteiger partial charge on any atom is -0.549 e. The Morgan fingerprint density at radius 3 is 2.50 bits per heavy atom. The summed E-state index contributed by atoms with van der Waals surface area (Å²) in [4.78, 5) is 50.9. The van der Waals surface area contributed by atoms with Crippen LogP contribution in [-0.2, 0) is 35.6 Å². The Labute approximate surface area is 220 Å². The number of carbonyl (C=O) groups is 4. The molecule has 1 aliphatic heterocycles. The lowest BCUT2D eigenvalue weighted by molar-refractivity contribution is -0.301. The number of amides is 3. The quantitative estimate of drug-likeness (QED) is 0.294. The molecule has 3 rings (SSSR count). The number of nitrogens with zero attached hydrogens (tertiary/aromatic N) is 1. The molecule has 0 unspecified atom stereocenters. The smallest absolute Gasteiger partial charge is 0.250 e. The second-order valence-electron chi connectivity index (χ2n) is 7.99. The summed E-state index contributed by atoms with van der Waals surface area (Å²) in [7, 11) is -3.81. The van der Waals surface area contributed by atoms with Crippen LogP contribution in [0.4, 0.5) is 0 Å². The lowest BCUT2D eigenvalue weighted by atomic mass is 9.96. The van der Waals surface area contributed by atoms with Gasteiger partial charge in [-0.15, -0.1) is 34.4 Å². The third kappa shape index (κ3) is 7.77. The molecule has 3 atom stereocenters. The number of aliphatic carboxylic acids is 1. The van der Waals surface area contributed by atoms with Crippen LogP contribution in [0.1, 0.15) is 17.7 Å². The summed E-state index contributed by atoms with van der Waals surface area (Å²) in [5.74, 6) is -3.77. The van der Waals surface area contributed by atoms with E-state index in [1.165, 1.54) is 22.3 Å². The van der Waals surface area contributed by atoms with Crippen LogP contribution in [-0.4, -0.2) is 73.2 Å². The number of hydrogen-bond donors (Lipinski definition) is 3. The number of nitrogens with one attached hydrogen (secondary N) is 2. The van der Waals surface area contributed by atoms with Crippen molar-refractivity contribution in [2.45, 2.75) is 41.6 Å². The van der Waals surface area contributed by atoms with Gasteiger partial charge in [-0.1, -0.05) is 12.1 Å². The molecular weight excluding hydrogens is 549 g/mol. The predicted octanol–water partition coefficient (Wildman–Crippen LogP) is -0.857. The van der Waals surface area contributed by atoms with Crippen molar-refractivity contribution in [1.29, 1.82) is 0 Å². The molecule has 0 radical (unpaired) electrons. The first-order valence-electron chi connectivity index (χ1n) is 10.8. The minimum atomic E-state index is -3.81. The highest BCUT2D eigenvalue weighted by atomic mass is 32.2. The second kappa shape index (κ2) is 12.7. The van der Waals surface area contributed by atoms with Gasteiger partial charge in [0, 0.05) is 29.6 Å². The monoisotopic (exact) mass is 573 g/mol. The molecule has 0 spiro atoms. The number of primary amides is 1. The van der Waals surface area contributed by atoms with Gasteiger partial charge in [-0.25, -0.2) is 13.1 Å². The molecule has 36 heavy (non-hydrogen) atoms. The Hall–Kier alpha value is -2.46. The topological polar surface area (TPSA) is 179 Å². The Balaban J connectivity index is 1.75. The molecule has 1 saturated heterocycles. The number of sulfonamides is 1. The summed E-state index contributed by atoms with van der Waals surface area (Å²) in [6.45, 7) is 0.0621. The van der Waals surface area contributed by atoms with Crippen molar-refractivity contribution in [3.63, 3.8) is 0 Å². The maximum Gasteiger partial charge on any atom is 0.250 e. The molecule has 3 heterocycles.